The lowest BCUT2D eigenvalue weighted by molar-refractivity contribution is 0.515. The zero-order valence-electron chi connectivity index (χ0n) is 12.8. The normalized spacial score (nSPS) is 16.4. The van der Waals surface area contributed by atoms with E-state index in [1.807, 2.05) is 11.8 Å². The van der Waals surface area contributed by atoms with E-state index in [2.05, 4.69) is 42.6 Å². The molecule has 1 aromatic heterocycles. The maximum absolute atomic E-state index is 4.95. The van der Waals surface area contributed by atoms with E-state index in [0.29, 0.717) is 0 Å². The number of benzene rings is 1. The molecule has 2 nitrogen and oxygen atoms in total. The average Bonchev–Trinajstić information content (AvgIpc) is 2.54. The summed E-state index contributed by atoms with van der Waals surface area (Å²) in [7, 11) is 0. The van der Waals surface area contributed by atoms with E-state index in [0.717, 1.165) is 23.9 Å². The smallest absolute Gasteiger partial charge is 0.101 e. The third-order valence-corrected chi connectivity index (χ3v) is 5.54. The molecule has 0 spiro atoms. The van der Waals surface area contributed by atoms with Gasteiger partial charge in [0.15, 0.2) is 0 Å². The van der Waals surface area contributed by atoms with Crippen LogP contribution in [-0.2, 0) is 6.54 Å². The van der Waals surface area contributed by atoms with Crippen molar-refractivity contribution in [3.05, 3.63) is 35.9 Å². The fourth-order valence-electron chi connectivity index (χ4n) is 2.97. The van der Waals surface area contributed by atoms with Gasteiger partial charge in [-0.25, -0.2) is 4.98 Å². The van der Waals surface area contributed by atoms with Gasteiger partial charge in [-0.05, 0) is 37.1 Å². The molecule has 0 aliphatic heterocycles. The first-order valence-corrected chi connectivity index (χ1v) is 9.01. The van der Waals surface area contributed by atoms with Crippen LogP contribution in [0, 0.1) is 0 Å². The van der Waals surface area contributed by atoms with Crippen molar-refractivity contribution in [1.82, 2.24) is 10.3 Å². The summed E-state index contributed by atoms with van der Waals surface area (Å²) in [6.07, 6.45) is 6.87. The number of pyridine rings is 1. The summed E-state index contributed by atoms with van der Waals surface area (Å²) in [6, 6.07) is 10.8. The van der Waals surface area contributed by atoms with Gasteiger partial charge in [-0.15, -0.1) is 11.8 Å². The van der Waals surface area contributed by atoms with E-state index < -0.39 is 0 Å². The van der Waals surface area contributed by atoms with Gasteiger partial charge in [-0.2, -0.15) is 0 Å². The molecule has 2 aromatic rings. The summed E-state index contributed by atoms with van der Waals surface area (Å²) in [4.78, 5) is 4.95. The second-order valence-corrected chi connectivity index (χ2v) is 7.09. The van der Waals surface area contributed by atoms with Crippen LogP contribution >= 0.6 is 11.8 Å². The molecule has 1 aliphatic rings. The molecule has 112 valence electrons. The van der Waals surface area contributed by atoms with Gasteiger partial charge in [0.2, 0.25) is 0 Å². The number of fused-ring (bicyclic) bond motifs is 1. The first-order chi connectivity index (χ1) is 10.4. The lowest BCUT2D eigenvalue weighted by Gasteiger charge is -2.22. The molecule has 0 atom stereocenters. The molecule has 3 heteroatoms. The van der Waals surface area contributed by atoms with E-state index in [1.165, 1.54) is 48.1 Å². The van der Waals surface area contributed by atoms with Crippen molar-refractivity contribution >= 4 is 22.7 Å². The van der Waals surface area contributed by atoms with Gasteiger partial charge < -0.3 is 5.32 Å². The summed E-state index contributed by atoms with van der Waals surface area (Å²) in [6.45, 7) is 4.08. The first-order valence-electron chi connectivity index (χ1n) is 8.13. The van der Waals surface area contributed by atoms with Crippen LogP contribution in [0.25, 0.3) is 10.9 Å². The minimum absolute atomic E-state index is 0.757. The number of rotatable bonds is 5. The Morgan fingerprint density at radius 3 is 2.81 bits per heavy atom. The van der Waals surface area contributed by atoms with Crippen molar-refractivity contribution in [3.63, 3.8) is 0 Å². The number of aromatic nitrogens is 1. The van der Waals surface area contributed by atoms with E-state index in [4.69, 9.17) is 4.98 Å². The van der Waals surface area contributed by atoms with E-state index >= 15 is 0 Å². The zero-order chi connectivity index (χ0) is 14.5. The number of para-hydroxylation sites is 1. The zero-order valence-corrected chi connectivity index (χ0v) is 13.6. The van der Waals surface area contributed by atoms with E-state index in [-0.39, 0.29) is 0 Å². The van der Waals surface area contributed by atoms with Gasteiger partial charge in [0.1, 0.15) is 5.03 Å². The van der Waals surface area contributed by atoms with E-state index in [9.17, 15) is 0 Å². The number of hydrogen-bond acceptors (Lipinski definition) is 3. The van der Waals surface area contributed by atoms with Gasteiger partial charge in [-0.1, -0.05) is 44.4 Å². The van der Waals surface area contributed by atoms with Crippen LogP contribution < -0.4 is 5.32 Å². The molecule has 0 amide bonds. The Bertz CT molecular complexity index is 591. The molecule has 0 radical (unpaired) electrons. The molecule has 21 heavy (non-hydrogen) atoms. The van der Waals surface area contributed by atoms with Crippen molar-refractivity contribution < 1.29 is 0 Å². The number of nitrogens with one attached hydrogen (secondary N) is 1. The summed E-state index contributed by atoms with van der Waals surface area (Å²) < 4.78 is 0. The molecule has 1 N–H and O–H groups in total. The van der Waals surface area contributed by atoms with Gasteiger partial charge in [0, 0.05) is 17.2 Å². The lowest BCUT2D eigenvalue weighted by atomic mass is 10.0. The Balaban J connectivity index is 1.88. The standard InChI is InChI=1S/C18H24N2S/c1-2-19-13-15-12-14-8-6-7-11-17(14)20-18(15)21-16-9-4-3-5-10-16/h6-8,11-12,16,19H,2-5,9-10,13H2,1H3. The van der Waals surface area contributed by atoms with Crippen LogP contribution in [0.15, 0.2) is 35.4 Å². The SMILES string of the molecule is CCNCc1cc2ccccc2nc1SC1CCCCC1. The minimum Gasteiger partial charge on any atom is -0.313 e. The molecule has 0 bridgehead atoms. The molecule has 1 aromatic carbocycles. The lowest BCUT2D eigenvalue weighted by Crippen LogP contribution is -2.14. The van der Waals surface area contributed by atoms with Crippen molar-refractivity contribution in [3.8, 4) is 0 Å². The van der Waals surface area contributed by atoms with Crippen molar-refractivity contribution in [1.29, 1.82) is 0 Å². The Morgan fingerprint density at radius 2 is 2.00 bits per heavy atom. The van der Waals surface area contributed by atoms with Gasteiger partial charge in [0.25, 0.3) is 0 Å². The van der Waals surface area contributed by atoms with Crippen LogP contribution in [0.2, 0.25) is 0 Å². The Morgan fingerprint density at radius 1 is 1.19 bits per heavy atom. The highest BCUT2D eigenvalue weighted by Gasteiger charge is 2.17. The number of thioether (sulfide) groups is 1. The predicted molar refractivity (Wildman–Crippen MR) is 91.9 cm³/mol. The fourth-order valence-corrected chi connectivity index (χ4v) is 4.29. The fraction of sp³-hybridized carbons (Fsp3) is 0.500. The van der Waals surface area contributed by atoms with Gasteiger partial charge >= 0.3 is 0 Å². The van der Waals surface area contributed by atoms with Crippen LogP contribution in [0.4, 0.5) is 0 Å². The topological polar surface area (TPSA) is 24.9 Å². The first kappa shape index (κ1) is 14.9. The molecule has 1 fully saturated rings. The third-order valence-electron chi connectivity index (χ3n) is 4.16. The molecule has 0 unspecified atom stereocenters. The molecule has 3 rings (SSSR count). The number of nitrogens with zero attached hydrogens (tertiary/aromatic N) is 1. The van der Waals surface area contributed by atoms with Crippen molar-refractivity contribution in [2.75, 3.05) is 6.54 Å². The summed E-state index contributed by atoms with van der Waals surface area (Å²) in [5.41, 5.74) is 2.47. The maximum atomic E-state index is 4.95. The highest BCUT2D eigenvalue weighted by atomic mass is 32.2. The quantitative estimate of drug-likeness (QED) is 0.861. The third kappa shape index (κ3) is 3.78. The van der Waals surface area contributed by atoms with Gasteiger partial charge in [0.05, 0.1) is 5.52 Å². The summed E-state index contributed by atoms with van der Waals surface area (Å²) in [5.74, 6) is 0. The summed E-state index contributed by atoms with van der Waals surface area (Å²) >= 11 is 2.01. The van der Waals surface area contributed by atoms with Crippen LogP contribution in [0.3, 0.4) is 0 Å². The summed E-state index contributed by atoms with van der Waals surface area (Å²) in [5, 5.41) is 6.70. The average molecular weight is 300 g/mol. The monoisotopic (exact) mass is 300 g/mol. The van der Waals surface area contributed by atoms with Crippen molar-refractivity contribution in [2.24, 2.45) is 0 Å². The van der Waals surface area contributed by atoms with Crippen LogP contribution in [0.1, 0.15) is 44.6 Å². The molecular weight excluding hydrogens is 276 g/mol. The highest BCUT2D eigenvalue weighted by molar-refractivity contribution is 7.99. The molecule has 1 heterocycles. The minimum atomic E-state index is 0.757. The Hall–Kier alpha value is -1.06. The van der Waals surface area contributed by atoms with Crippen LogP contribution in [0.5, 0.6) is 0 Å². The second kappa shape index (κ2) is 7.28. The highest BCUT2D eigenvalue weighted by Crippen LogP contribution is 2.35. The van der Waals surface area contributed by atoms with E-state index in [1.54, 1.807) is 0 Å². The molecule has 1 saturated carbocycles. The molecule has 0 saturated heterocycles. The number of hydrogen-bond donors (Lipinski definition) is 1. The second-order valence-electron chi connectivity index (χ2n) is 5.80. The van der Waals surface area contributed by atoms with Gasteiger partial charge in [-0.3, -0.25) is 0 Å². The van der Waals surface area contributed by atoms with Crippen LogP contribution in [-0.4, -0.2) is 16.8 Å². The maximum Gasteiger partial charge on any atom is 0.101 e. The van der Waals surface area contributed by atoms with Crippen molar-refractivity contribution in [2.45, 2.75) is 55.8 Å². The predicted octanol–water partition coefficient (Wildman–Crippen LogP) is 4.77. The largest absolute Gasteiger partial charge is 0.313 e. The Kier molecular flexibility index (Phi) is 5.15. The Labute approximate surface area is 131 Å². The molecular formula is C18H24N2S. The molecule has 1 aliphatic carbocycles.